The molecule has 3 aromatic rings. The largest absolute Gasteiger partial charge is 0.0619 e. The quantitative estimate of drug-likeness (QED) is 0.552. The van der Waals surface area contributed by atoms with E-state index in [4.69, 9.17) is 0 Å². The maximum absolute atomic E-state index is 2.26. The van der Waals surface area contributed by atoms with Crippen LogP contribution < -0.4 is 0 Å². The lowest BCUT2D eigenvalue weighted by Crippen LogP contribution is -1.88. The Hall–Kier alpha value is -2.34. The average Bonchev–Trinajstić information content (AvgIpc) is 2.84. The third-order valence-corrected chi connectivity index (χ3v) is 4.36. The summed E-state index contributed by atoms with van der Waals surface area (Å²) in [5.41, 5.74) is 7.15. The third-order valence-electron chi connectivity index (χ3n) is 4.36. The standard InChI is InChI=1S/C20H16/c1-14-17-10-4-3-8-16(17)13-20(14)19-12-6-9-15-7-2-5-11-18(15)19/h2-12H,13H2,1H3. The van der Waals surface area contributed by atoms with Crippen molar-refractivity contribution in [1.82, 2.24) is 0 Å². The van der Waals surface area contributed by atoms with Crippen LogP contribution in [0.5, 0.6) is 0 Å². The van der Waals surface area contributed by atoms with Gasteiger partial charge in [-0.25, -0.2) is 0 Å². The zero-order valence-electron chi connectivity index (χ0n) is 11.6. The molecule has 1 aliphatic carbocycles. The van der Waals surface area contributed by atoms with Gasteiger partial charge in [-0.1, -0.05) is 66.7 Å². The Labute approximate surface area is 119 Å². The van der Waals surface area contributed by atoms with Crippen molar-refractivity contribution in [2.24, 2.45) is 0 Å². The predicted octanol–water partition coefficient (Wildman–Crippen LogP) is 5.33. The molecule has 0 N–H and O–H groups in total. The van der Waals surface area contributed by atoms with Gasteiger partial charge in [0.15, 0.2) is 0 Å². The van der Waals surface area contributed by atoms with Crippen molar-refractivity contribution in [2.75, 3.05) is 0 Å². The first-order chi connectivity index (χ1) is 9.84. The van der Waals surface area contributed by atoms with E-state index in [2.05, 4.69) is 73.7 Å². The first-order valence-corrected chi connectivity index (χ1v) is 7.11. The number of hydrogen-bond donors (Lipinski definition) is 0. The van der Waals surface area contributed by atoms with Gasteiger partial charge in [-0.3, -0.25) is 0 Å². The number of allylic oxidation sites excluding steroid dienone is 2. The normalized spacial score (nSPS) is 13.8. The monoisotopic (exact) mass is 256 g/mol. The second kappa shape index (κ2) is 4.35. The van der Waals surface area contributed by atoms with Crippen LogP contribution in [0.15, 0.2) is 66.7 Å². The zero-order chi connectivity index (χ0) is 13.5. The summed E-state index contributed by atoms with van der Waals surface area (Å²) in [6, 6.07) is 24.0. The second-order valence-corrected chi connectivity index (χ2v) is 5.46. The lowest BCUT2D eigenvalue weighted by atomic mass is 9.95. The minimum Gasteiger partial charge on any atom is -0.0619 e. The highest BCUT2D eigenvalue weighted by Crippen LogP contribution is 2.39. The van der Waals surface area contributed by atoms with Gasteiger partial charge in [-0.2, -0.15) is 0 Å². The molecule has 0 aliphatic heterocycles. The van der Waals surface area contributed by atoms with Crippen LogP contribution in [0.2, 0.25) is 0 Å². The van der Waals surface area contributed by atoms with Crippen molar-refractivity contribution in [3.63, 3.8) is 0 Å². The van der Waals surface area contributed by atoms with E-state index in [-0.39, 0.29) is 0 Å². The summed E-state index contributed by atoms with van der Waals surface area (Å²) in [4.78, 5) is 0. The molecule has 0 nitrogen and oxygen atoms in total. The molecule has 0 atom stereocenters. The van der Waals surface area contributed by atoms with E-state index in [0.717, 1.165) is 6.42 Å². The summed E-state index contributed by atoms with van der Waals surface area (Å²) in [6.07, 6.45) is 1.05. The predicted molar refractivity (Wildman–Crippen MR) is 86.6 cm³/mol. The van der Waals surface area contributed by atoms with Gasteiger partial charge in [0.05, 0.1) is 0 Å². The molecule has 0 heterocycles. The first-order valence-electron chi connectivity index (χ1n) is 7.11. The van der Waals surface area contributed by atoms with E-state index in [9.17, 15) is 0 Å². The maximum Gasteiger partial charge on any atom is -0.00107 e. The van der Waals surface area contributed by atoms with Gasteiger partial charge in [0.1, 0.15) is 0 Å². The molecule has 0 bridgehead atoms. The number of rotatable bonds is 1. The fourth-order valence-corrected chi connectivity index (χ4v) is 3.31. The number of hydrogen-bond acceptors (Lipinski definition) is 0. The van der Waals surface area contributed by atoms with Gasteiger partial charge < -0.3 is 0 Å². The first kappa shape index (κ1) is 11.5. The van der Waals surface area contributed by atoms with Crippen LogP contribution in [0, 0.1) is 0 Å². The number of benzene rings is 3. The molecule has 0 radical (unpaired) electrons. The average molecular weight is 256 g/mol. The van der Waals surface area contributed by atoms with Crippen LogP contribution in [0.4, 0.5) is 0 Å². The molecule has 3 aromatic carbocycles. The van der Waals surface area contributed by atoms with E-state index >= 15 is 0 Å². The molecule has 0 aromatic heterocycles. The molecule has 96 valence electrons. The molecule has 0 amide bonds. The fraction of sp³-hybridized carbons (Fsp3) is 0.100. The van der Waals surface area contributed by atoms with Gasteiger partial charge in [0.25, 0.3) is 0 Å². The topological polar surface area (TPSA) is 0 Å². The molecular formula is C20H16. The van der Waals surface area contributed by atoms with E-state index in [1.165, 1.54) is 38.6 Å². The highest BCUT2D eigenvalue weighted by Gasteiger charge is 2.19. The minimum atomic E-state index is 1.05. The number of fused-ring (bicyclic) bond motifs is 2. The maximum atomic E-state index is 2.26. The molecule has 0 heteroatoms. The molecule has 4 rings (SSSR count). The second-order valence-electron chi connectivity index (χ2n) is 5.46. The van der Waals surface area contributed by atoms with Gasteiger partial charge in [0, 0.05) is 0 Å². The van der Waals surface area contributed by atoms with Crippen LogP contribution in [0.1, 0.15) is 23.6 Å². The molecule has 0 saturated heterocycles. The Morgan fingerprint density at radius 2 is 1.40 bits per heavy atom. The van der Waals surface area contributed by atoms with E-state index in [1.54, 1.807) is 0 Å². The lowest BCUT2D eigenvalue weighted by Gasteiger charge is -2.09. The summed E-state index contributed by atoms with van der Waals surface area (Å²) in [5.74, 6) is 0. The van der Waals surface area contributed by atoms with Crippen molar-refractivity contribution in [1.29, 1.82) is 0 Å². The molecule has 0 fully saturated rings. The van der Waals surface area contributed by atoms with Crippen molar-refractivity contribution < 1.29 is 0 Å². The Kier molecular flexibility index (Phi) is 2.50. The van der Waals surface area contributed by atoms with Gasteiger partial charge >= 0.3 is 0 Å². The third kappa shape index (κ3) is 1.61. The van der Waals surface area contributed by atoms with Crippen LogP contribution in [0.3, 0.4) is 0 Å². The fourth-order valence-electron chi connectivity index (χ4n) is 3.31. The summed E-state index contributed by atoms with van der Waals surface area (Å²) in [5, 5.41) is 2.68. The summed E-state index contributed by atoms with van der Waals surface area (Å²) in [6.45, 7) is 2.25. The van der Waals surface area contributed by atoms with Crippen molar-refractivity contribution in [2.45, 2.75) is 13.3 Å². The van der Waals surface area contributed by atoms with E-state index < -0.39 is 0 Å². The lowest BCUT2D eigenvalue weighted by molar-refractivity contribution is 1.32. The van der Waals surface area contributed by atoms with Crippen molar-refractivity contribution in [3.8, 4) is 0 Å². The Balaban J connectivity index is 1.96. The molecule has 20 heavy (non-hydrogen) atoms. The van der Waals surface area contributed by atoms with Gasteiger partial charge in [0.2, 0.25) is 0 Å². The summed E-state index contributed by atoms with van der Waals surface area (Å²) >= 11 is 0. The van der Waals surface area contributed by atoms with E-state index in [0.29, 0.717) is 0 Å². The Bertz CT molecular complexity index is 832. The van der Waals surface area contributed by atoms with Crippen LogP contribution >= 0.6 is 0 Å². The SMILES string of the molecule is CC1=C(c2cccc3ccccc23)Cc2ccccc21. The molecule has 0 unspecified atom stereocenters. The Morgan fingerprint density at radius 3 is 2.30 bits per heavy atom. The van der Waals surface area contributed by atoms with Crippen LogP contribution in [-0.4, -0.2) is 0 Å². The molecular weight excluding hydrogens is 240 g/mol. The zero-order valence-corrected chi connectivity index (χ0v) is 11.6. The summed E-state index contributed by atoms with van der Waals surface area (Å²) < 4.78 is 0. The van der Waals surface area contributed by atoms with Crippen molar-refractivity contribution in [3.05, 3.63) is 83.4 Å². The highest BCUT2D eigenvalue weighted by atomic mass is 14.2. The van der Waals surface area contributed by atoms with Crippen LogP contribution in [0.25, 0.3) is 21.9 Å². The van der Waals surface area contributed by atoms with Crippen molar-refractivity contribution >= 4 is 21.9 Å². The molecule has 1 aliphatic rings. The van der Waals surface area contributed by atoms with Gasteiger partial charge in [-0.05, 0) is 52.0 Å². The molecule has 0 saturated carbocycles. The summed E-state index contributed by atoms with van der Waals surface area (Å²) in [7, 11) is 0. The smallest absolute Gasteiger partial charge is 0.00107 e. The van der Waals surface area contributed by atoms with E-state index in [1.807, 2.05) is 0 Å². The Morgan fingerprint density at radius 1 is 0.700 bits per heavy atom. The highest BCUT2D eigenvalue weighted by molar-refractivity contribution is 6.04. The van der Waals surface area contributed by atoms with Crippen LogP contribution in [-0.2, 0) is 6.42 Å². The molecule has 0 spiro atoms. The minimum absolute atomic E-state index is 1.05. The van der Waals surface area contributed by atoms with Gasteiger partial charge in [-0.15, -0.1) is 0 Å².